The van der Waals surface area contributed by atoms with E-state index < -0.39 is 0 Å². The Morgan fingerprint density at radius 3 is 3.05 bits per heavy atom. The lowest BCUT2D eigenvalue weighted by atomic mass is 10.2. The first-order valence-electron chi connectivity index (χ1n) is 6.80. The molecule has 0 bridgehead atoms. The van der Waals surface area contributed by atoms with Crippen molar-refractivity contribution in [3.8, 4) is 5.75 Å². The molecule has 0 amide bonds. The smallest absolute Gasteiger partial charge is 0.129 e. The predicted octanol–water partition coefficient (Wildman–Crippen LogP) is 4.36. The summed E-state index contributed by atoms with van der Waals surface area (Å²) in [6.45, 7) is 3.01. The Kier molecular flexibility index (Phi) is 4.19. The van der Waals surface area contributed by atoms with Gasteiger partial charge in [-0.15, -0.1) is 22.7 Å². The van der Waals surface area contributed by atoms with Gasteiger partial charge in [-0.05, 0) is 37.6 Å². The second-order valence-corrected chi connectivity index (χ2v) is 6.90. The number of nitrogens with zero attached hydrogens (tertiary/aromatic N) is 1. The van der Waals surface area contributed by atoms with Gasteiger partial charge in [-0.2, -0.15) is 0 Å². The molecule has 20 heavy (non-hydrogen) atoms. The van der Waals surface area contributed by atoms with E-state index in [2.05, 4.69) is 22.5 Å². The molecule has 3 nitrogen and oxygen atoms in total. The number of aliphatic hydroxyl groups excluding tert-OH is 1. The monoisotopic (exact) mass is 307 g/mol. The van der Waals surface area contributed by atoms with Gasteiger partial charge in [0.25, 0.3) is 0 Å². The maximum absolute atomic E-state index is 8.77. The van der Waals surface area contributed by atoms with Crippen LogP contribution in [0.4, 0.5) is 0 Å². The largest absolute Gasteiger partial charge is 0.493 e. The van der Waals surface area contributed by atoms with Gasteiger partial charge in [-0.3, -0.25) is 0 Å². The minimum Gasteiger partial charge on any atom is -0.493 e. The van der Waals surface area contributed by atoms with Gasteiger partial charge in [0, 0.05) is 18.1 Å². The molecule has 3 aromatic rings. The van der Waals surface area contributed by atoms with Gasteiger partial charge in [-0.1, -0.05) is 0 Å². The summed E-state index contributed by atoms with van der Waals surface area (Å²) < 4.78 is 8.36. The zero-order chi connectivity index (χ0) is 13.9. The van der Waals surface area contributed by atoms with E-state index in [-0.39, 0.29) is 6.61 Å². The number of aliphatic hydroxyl groups is 1. The van der Waals surface area contributed by atoms with Crippen molar-refractivity contribution in [2.45, 2.75) is 26.2 Å². The second kappa shape index (κ2) is 6.08. The highest BCUT2D eigenvalue weighted by molar-refractivity contribution is 7.21. The van der Waals surface area contributed by atoms with E-state index in [9.17, 15) is 0 Å². The molecule has 0 aliphatic heterocycles. The molecule has 0 saturated carbocycles. The molecule has 3 rings (SSSR count). The number of rotatable bonds is 6. The Balaban J connectivity index is 1.86. The van der Waals surface area contributed by atoms with Crippen LogP contribution >= 0.6 is 22.7 Å². The fourth-order valence-corrected chi connectivity index (χ4v) is 4.11. The third-order valence-electron chi connectivity index (χ3n) is 3.23. The third kappa shape index (κ3) is 2.66. The molecule has 0 atom stereocenters. The SMILES string of the molecule is Cc1nc2c(cc(OCCCCCO)c3ccsc32)s1. The molecule has 2 heterocycles. The van der Waals surface area contributed by atoms with Crippen molar-refractivity contribution in [2.75, 3.05) is 13.2 Å². The van der Waals surface area contributed by atoms with Crippen LogP contribution in [0.25, 0.3) is 20.3 Å². The summed E-state index contributed by atoms with van der Waals surface area (Å²) in [5.41, 5.74) is 1.10. The Hall–Kier alpha value is -1.17. The lowest BCUT2D eigenvalue weighted by molar-refractivity contribution is 0.267. The van der Waals surface area contributed by atoms with Crippen molar-refractivity contribution in [2.24, 2.45) is 0 Å². The summed E-state index contributed by atoms with van der Waals surface area (Å²) in [6, 6.07) is 4.22. The van der Waals surface area contributed by atoms with Crippen LogP contribution in [0.2, 0.25) is 0 Å². The molecule has 1 aromatic carbocycles. The summed E-state index contributed by atoms with van der Waals surface area (Å²) in [7, 11) is 0. The molecule has 0 saturated heterocycles. The lowest BCUT2D eigenvalue weighted by Crippen LogP contribution is -1.98. The van der Waals surface area contributed by atoms with E-state index >= 15 is 0 Å². The minimum atomic E-state index is 0.265. The van der Waals surface area contributed by atoms with Crippen LogP contribution in [-0.2, 0) is 0 Å². The normalized spacial score (nSPS) is 11.5. The van der Waals surface area contributed by atoms with E-state index in [1.807, 2.05) is 6.92 Å². The molecule has 2 aromatic heterocycles. The summed E-state index contributed by atoms with van der Waals surface area (Å²) in [5, 5.41) is 13.1. The van der Waals surface area contributed by atoms with Gasteiger partial charge in [0.05, 0.1) is 26.5 Å². The quantitative estimate of drug-likeness (QED) is 0.688. The predicted molar refractivity (Wildman–Crippen MR) is 86.2 cm³/mol. The highest BCUT2D eigenvalue weighted by atomic mass is 32.1. The number of unbranched alkanes of at least 4 members (excludes halogenated alkanes) is 2. The number of fused-ring (bicyclic) bond motifs is 3. The molecule has 0 spiro atoms. The fraction of sp³-hybridized carbons (Fsp3) is 0.400. The standard InChI is InChI=1S/C15H17NO2S2/c1-10-16-14-13(20-10)9-12(11-5-8-19-15(11)14)18-7-4-2-3-6-17/h5,8-9,17H,2-4,6-7H2,1H3. The maximum atomic E-state index is 8.77. The number of thiazole rings is 1. The topological polar surface area (TPSA) is 42.4 Å². The van der Waals surface area contributed by atoms with Crippen LogP contribution in [0.1, 0.15) is 24.3 Å². The van der Waals surface area contributed by atoms with Gasteiger partial charge in [-0.25, -0.2) is 4.98 Å². The van der Waals surface area contributed by atoms with E-state index in [1.54, 1.807) is 22.7 Å². The molecular weight excluding hydrogens is 290 g/mol. The number of ether oxygens (including phenoxy) is 1. The molecule has 0 unspecified atom stereocenters. The highest BCUT2D eigenvalue weighted by Gasteiger charge is 2.12. The molecule has 106 valence electrons. The van der Waals surface area contributed by atoms with Gasteiger partial charge in [0.1, 0.15) is 5.75 Å². The lowest BCUT2D eigenvalue weighted by Gasteiger charge is -2.07. The number of hydrogen-bond acceptors (Lipinski definition) is 5. The highest BCUT2D eigenvalue weighted by Crippen LogP contribution is 2.38. The van der Waals surface area contributed by atoms with Crippen LogP contribution in [-0.4, -0.2) is 23.3 Å². The average molecular weight is 307 g/mol. The Morgan fingerprint density at radius 1 is 1.30 bits per heavy atom. The molecule has 0 radical (unpaired) electrons. The van der Waals surface area contributed by atoms with Crippen LogP contribution in [0, 0.1) is 6.92 Å². The Morgan fingerprint density at radius 2 is 2.20 bits per heavy atom. The fourth-order valence-electron chi connectivity index (χ4n) is 2.28. The van der Waals surface area contributed by atoms with Crippen molar-refractivity contribution in [3.05, 3.63) is 22.5 Å². The minimum absolute atomic E-state index is 0.265. The van der Waals surface area contributed by atoms with E-state index in [4.69, 9.17) is 9.84 Å². The zero-order valence-corrected chi connectivity index (χ0v) is 13.0. The molecule has 0 fully saturated rings. The van der Waals surface area contributed by atoms with Crippen LogP contribution in [0.15, 0.2) is 17.5 Å². The second-order valence-electron chi connectivity index (χ2n) is 4.75. The first-order chi connectivity index (χ1) is 9.79. The average Bonchev–Trinajstić information content (AvgIpc) is 3.03. The van der Waals surface area contributed by atoms with Gasteiger partial charge in [0.15, 0.2) is 0 Å². The summed E-state index contributed by atoms with van der Waals surface area (Å²) in [4.78, 5) is 4.62. The first kappa shape index (κ1) is 13.8. The van der Waals surface area contributed by atoms with Crippen molar-refractivity contribution in [1.82, 2.24) is 4.98 Å². The van der Waals surface area contributed by atoms with Crippen LogP contribution in [0.5, 0.6) is 5.75 Å². The number of hydrogen-bond donors (Lipinski definition) is 1. The molecule has 1 N–H and O–H groups in total. The summed E-state index contributed by atoms with van der Waals surface area (Å²) in [6.07, 6.45) is 2.83. The third-order valence-corrected chi connectivity index (χ3v) is 5.07. The van der Waals surface area contributed by atoms with Crippen LogP contribution < -0.4 is 4.74 Å². The van der Waals surface area contributed by atoms with Crippen LogP contribution in [0.3, 0.4) is 0 Å². The summed E-state index contributed by atoms with van der Waals surface area (Å²) >= 11 is 3.44. The van der Waals surface area contributed by atoms with Crippen molar-refractivity contribution < 1.29 is 9.84 Å². The van der Waals surface area contributed by atoms with E-state index in [1.165, 1.54) is 9.40 Å². The van der Waals surface area contributed by atoms with E-state index in [0.29, 0.717) is 6.61 Å². The van der Waals surface area contributed by atoms with Gasteiger partial charge in [0.2, 0.25) is 0 Å². The number of aromatic nitrogens is 1. The maximum Gasteiger partial charge on any atom is 0.129 e. The van der Waals surface area contributed by atoms with Crippen molar-refractivity contribution in [1.29, 1.82) is 0 Å². The molecule has 0 aliphatic carbocycles. The van der Waals surface area contributed by atoms with E-state index in [0.717, 1.165) is 40.9 Å². The molecule has 0 aliphatic rings. The first-order valence-corrected chi connectivity index (χ1v) is 8.50. The Labute approximate surface area is 125 Å². The number of thiophene rings is 1. The van der Waals surface area contributed by atoms with Gasteiger partial charge >= 0.3 is 0 Å². The van der Waals surface area contributed by atoms with Crippen molar-refractivity contribution >= 4 is 43.0 Å². The zero-order valence-electron chi connectivity index (χ0n) is 11.4. The Bertz CT molecular complexity index is 717. The number of benzene rings is 1. The summed E-state index contributed by atoms with van der Waals surface area (Å²) in [5.74, 6) is 0.960. The van der Waals surface area contributed by atoms with Crippen molar-refractivity contribution in [3.63, 3.8) is 0 Å². The molecular formula is C15H17NO2S2. The van der Waals surface area contributed by atoms with Gasteiger partial charge < -0.3 is 9.84 Å². The number of aryl methyl sites for hydroxylation is 1. The molecule has 5 heteroatoms.